The van der Waals surface area contributed by atoms with Gasteiger partial charge >= 0.3 is 0 Å². The van der Waals surface area contributed by atoms with Crippen LogP contribution in [-0.2, 0) is 6.54 Å². The van der Waals surface area contributed by atoms with E-state index in [4.69, 9.17) is 11.6 Å². The molecule has 5 nitrogen and oxygen atoms in total. The van der Waals surface area contributed by atoms with Crippen LogP contribution in [0.1, 0.15) is 12.5 Å². The number of anilines is 2. The molecule has 0 atom stereocenters. The van der Waals surface area contributed by atoms with Crippen molar-refractivity contribution < 1.29 is 4.39 Å². The molecule has 0 bridgehead atoms. The Morgan fingerprint density at radius 2 is 1.89 bits per heavy atom. The summed E-state index contributed by atoms with van der Waals surface area (Å²) in [6.45, 7) is 3.02. The van der Waals surface area contributed by atoms with Gasteiger partial charge in [-0.15, -0.1) is 0 Å². The Bertz CT molecular complexity index is 564. The molecular formula is C12H13ClFN5. The highest BCUT2D eigenvalue weighted by Gasteiger charge is 2.04. The van der Waals surface area contributed by atoms with Gasteiger partial charge in [-0.05, 0) is 36.2 Å². The van der Waals surface area contributed by atoms with E-state index in [-0.39, 0.29) is 11.1 Å². The van der Waals surface area contributed by atoms with Gasteiger partial charge in [0.2, 0.25) is 17.2 Å². The van der Waals surface area contributed by atoms with Crippen LogP contribution >= 0.6 is 11.6 Å². The Hall–Kier alpha value is -1.95. The lowest BCUT2D eigenvalue weighted by atomic mass is 10.2. The summed E-state index contributed by atoms with van der Waals surface area (Å²) in [4.78, 5) is 12.0. The second-order valence-electron chi connectivity index (χ2n) is 3.77. The topological polar surface area (TPSA) is 62.7 Å². The lowest BCUT2D eigenvalue weighted by Gasteiger charge is -2.07. The maximum Gasteiger partial charge on any atom is 0.229 e. The van der Waals surface area contributed by atoms with Gasteiger partial charge in [-0.2, -0.15) is 15.0 Å². The van der Waals surface area contributed by atoms with Crippen molar-refractivity contribution in [3.05, 3.63) is 40.9 Å². The van der Waals surface area contributed by atoms with E-state index in [9.17, 15) is 4.39 Å². The molecule has 0 amide bonds. The summed E-state index contributed by atoms with van der Waals surface area (Å²) in [6, 6.07) is 6.30. The van der Waals surface area contributed by atoms with E-state index in [1.54, 1.807) is 6.07 Å². The summed E-state index contributed by atoms with van der Waals surface area (Å²) in [7, 11) is 0. The fraction of sp³-hybridized carbons (Fsp3) is 0.250. The van der Waals surface area contributed by atoms with Crippen LogP contribution in [0.5, 0.6) is 0 Å². The summed E-state index contributed by atoms with van der Waals surface area (Å²) < 4.78 is 13.0. The van der Waals surface area contributed by atoms with E-state index in [0.717, 1.165) is 5.56 Å². The molecule has 0 aliphatic heterocycles. The minimum absolute atomic E-state index is 0.104. The van der Waals surface area contributed by atoms with Crippen molar-refractivity contribution in [1.29, 1.82) is 0 Å². The molecule has 2 N–H and O–H groups in total. The van der Waals surface area contributed by atoms with Crippen LogP contribution in [0.3, 0.4) is 0 Å². The van der Waals surface area contributed by atoms with Gasteiger partial charge in [-0.25, -0.2) is 4.39 Å². The van der Waals surface area contributed by atoms with E-state index in [0.29, 0.717) is 25.0 Å². The van der Waals surface area contributed by atoms with Crippen LogP contribution in [0, 0.1) is 5.82 Å². The van der Waals surface area contributed by atoms with Crippen molar-refractivity contribution in [2.24, 2.45) is 0 Å². The number of aromatic nitrogens is 3. The second kappa shape index (κ2) is 6.29. The highest BCUT2D eigenvalue weighted by molar-refractivity contribution is 6.28. The molecule has 0 fully saturated rings. The van der Waals surface area contributed by atoms with Gasteiger partial charge in [0.05, 0.1) is 0 Å². The van der Waals surface area contributed by atoms with E-state index >= 15 is 0 Å². The number of nitrogens with zero attached hydrogens (tertiary/aromatic N) is 3. The first-order chi connectivity index (χ1) is 9.17. The molecule has 1 heterocycles. The van der Waals surface area contributed by atoms with Crippen molar-refractivity contribution in [2.75, 3.05) is 17.2 Å². The van der Waals surface area contributed by atoms with Crippen LogP contribution in [0.2, 0.25) is 5.28 Å². The number of halogens is 2. The maximum absolute atomic E-state index is 13.0. The normalized spacial score (nSPS) is 10.3. The average Bonchev–Trinajstić information content (AvgIpc) is 2.36. The molecule has 100 valence electrons. The minimum atomic E-state index is -0.277. The first-order valence-corrected chi connectivity index (χ1v) is 6.19. The highest BCUT2D eigenvalue weighted by atomic mass is 35.5. The van der Waals surface area contributed by atoms with Gasteiger partial charge in [0, 0.05) is 13.1 Å². The Morgan fingerprint density at radius 3 is 2.58 bits per heavy atom. The van der Waals surface area contributed by atoms with E-state index in [1.807, 2.05) is 13.0 Å². The molecule has 0 saturated carbocycles. The van der Waals surface area contributed by atoms with Gasteiger partial charge in [0.1, 0.15) is 5.82 Å². The standard InChI is InChI=1S/C12H13ClFN5/c1-2-15-11-17-10(13)18-12(19-11)16-7-8-4-3-5-9(14)6-8/h3-6H,2,7H2,1H3,(H2,15,16,17,18,19). The predicted molar refractivity (Wildman–Crippen MR) is 72.7 cm³/mol. The summed E-state index contributed by atoms with van der Waals surface area (Å²) in [5, 5.41) is 6.03. The fourth-order valence-corrected chi connectivity index (χ4v) is 1.65. The summed E-state index contributed by atoms with van der Waals surface area (Å²) in [6.07, 6.45) is 0. The molecule has 7 heteroatoms. The number of hydrogen-bond acceptors (Lipinski definition) is 5. The van der Waals surface area contributed by atoms with E-state index in [1.165, 1.54) is 12.1 Å². The Morgan fingerprint density at radius 1 is 1.16 bits per heavy atom. The summed E-state index contributed by atoms with van der Waals surface area (Å²) in [5.41, 5.74) is 0.793. The van der Waals surface area contributed by atoms with Gasteiger partial charge < -0.3 is 10.6 Å². The SMILES string of the molecule is CCNc1nc(Cl)nc(NCc2cccc(F)c2)n1. The monoisotopic (exact) mass is 281 g/mol. The molecule has 0 radical (unpaired) electrons. The van der Waals surface area contributed by atoms with Crippen molar-refractivity contribution >= 4 is 23.5 Å². The number of rotatable bonds is 5. The van der Waals surface area contributed by atoms with E-state index < -0.39 is 0 Å². The van der Waals surface area contributed by atoms with E-state index in [2.05, 4.69) is 25.6 Å². The van der Waals surface area contributed by atoms with Crippen molar-refractivity contribution in [3.8, 4) is 0 Å². The molecule has 0 aliphatic rings. The van der Waals surface area contributed by atoms with Crippen molar-refractivity contribution in [2.45, 2.75) is 13.5 Å². The summed E-state index contributed by atoms with van der Waals surface area (Å²) in [5.74, 6) is 0.478. The van der Waals surface area contributed by atoms with Crippen LogP contribution in [0.25, 0.3) is 0 Å². The number of benzene rings is 1. The van der Waals surface area contributed by atoms with Crippen LogP contribution in [0.4, 0.5) is 16.3 Å². The van der Waals surface area contributed by atoms with Crippen molar-refractivity contribution in [1.82, 2.24) is 15.0 Å². The van der Waals surface area contributed by atoms with Gasteiger partial charge in [0.25, 0.3) is 0 Å². The molecule has 2 aromatic rings. The predicted octanol–water partition coefficient (Wildman–Crippen LogP) is 2.71. The van der Waals surface area contributed by atoms with Gasteiger partial charge in [0.15, 0.2) is 0 Å². The van der Waals surface area contributed by atoms with Crippen LogP contribution < -0.4 is 10.6 Å². The molecule has 0 unspecified atom stereocenters. The lowest BCUT2D eigenvalue weighted by Crippen LogP contribution is -2.09. The molecule has 19 heavy (non-hydrogen) atoms. The lowest BCUT2D eigenvalue weighted by molar-refractivity contribution is 0.626. The average molecular weight is 282 g/mol. The summed E-state index contributed by atoms with van der Waals surface area (Å²) >= 11 is 5.79. The highest BCUT2D eigenvalue weighted by Crippen LogP contribution is 2.11. The zero-order chi connectivity index (χ0) is 13.7. The third-order valence-electron chi connectivity index (χ3n) is 2.28. The maximum atomic E-state index is 13.0. The largest absolute Gasteiger partial charge is 0.354 e. The first kappa shape index (κ1) is 13.5. The Labute approximate surface area is 115 Å². The quantitative estimate of drug-likeness (QED) is 0.882. The molecule has 1 aromatic carbocycles. The van der Waals surface area contributed by atoms with Gasteiger partial charge in [-0.1, -0.05) is 12.1 Å². The zero-order valence-electron chi connectivity index (χ0n) is 10.3. The Balaban J connectivity index is 2.06. The molecule has 0 saturated heterocycles. The second-order valence-corrected chi connectivity index (χ2v) is 4.10. The third kappa shape index (κ3) is 4.03. The minimum Gasteiger partial charge on any atom is -0.354 e. The fourth-order valence-electron chi connectivity index (χ4n) is 1.49. The molecule has 0 aliphatic carbocycles. The Kier molecular flexibility index (Phi) is 4.46. The van der Waals surface area contributed by atoms with Gasteiger partial charge in [-0.3, -0.25) is 0 Å². The number of nitrogens with one attached hydrogen (secondary N) is 2. The molecule has 2 rings (SSSR count). The van der Waals surface area contributed by atoms with Crippen LogP contribution in [0.15, 0.2) is 24.3 Å². The molecule has 0 spiro atoms. The first-order valence-electron chi connectivity index (χ1n) is 5.81. The number of hydrogen-bond donors (Lipinski definition) is 2. The third-order valence-corrected chi connectivity index (χ3v) is 2.45. The zero-order valence-corrected chi connectivity index (χ0v) is 11.1. The van der Waals surface area contributed by atoms with Crippen LogP contribution in [-0.4, -0.2) is 21.5 Å². The smallest absolute Gasteiger partial charge is 0.229 e. The molecule has 1 aromatic heterocycles. The van der Waals surface area contributed by atoms with Crippen molar-refractivity contribution in [3.63, 3.8) is 0 Å². The molecular weight excluding hydrogens is 269 g/mol.